The summed E-state index contributed by atoms with van der Waals surface area (Å²) in [5.41, 5.74) is 0. The number of ether oxygens (including phenoxy) is 1. The molecule has 0 aromatic rings. The van der Waals surface area contributed by atoms with Crippen LogP contribution in [0, 0.1) is 0 Å². The molecule has 3 atom stereocenters. The molecule has 0 radical (unpaired) electrons. The van der Waals surface area contributed by atoms with Crippen molar-refractivity contribution < 1.29 is 30.0 Å². The SMILES string of the molecule is CC(O)COC(C)CO.CCCCCC[C@@H](O)C/C=C\CCCCCCCC(=O)O. The maximum absolute atomic E-state index is 10.3. The Hall–Kier alpha value is -0.950. The topological polar surface area (TPSA) is 107 Å². The Morgan fingerprint density at radius 3 is 2.17 bits per heavy atom. The number of unbranched alkanes of at least 4 members (excludes halogenated alkanes) is 8. The minimum absolute atomic E-state index is 0.00667. The third kappa shape index (κ3) is 29.3. The molecule has 0 saturated carbocycles. The average Bonchev–Trinajstić information content (AvgIpc) is 2.71. The zero-order valence-electron chi connectivity index (χ0n) is 19.6. The van der Waals surface area contributed by atoms with E-state index in [2.05, 4.69) is 19.1 Å². The van der Waals surface area contributed by atoms with Crippen molar-refractivity contribution in [3.8, 4) is 0 Å². The van der Waals surface area contributed by atoms with E-state index in [0.717, 1.165) is 51.4 Å². The van der Waals surface area contributed by atoms with Gasteiger partial charge in [0.1, 0.15) is 0 Å². The van der Waals surface area contributed by atoms with Gasteiger partial charge in [-0.3, -0.25) is 4.79 Å². The highest BCUT2D eigenvalue weighted by atomic mass is 16.5. The predicted molar refractivity (Wildman–Crippen MR) is 123 cm³/mol. The van der Waals surface area contributed by atoms with E-state index in [9.17, 15) is 9.90 Å². The van der Waals surface area contributed by atoms with Crippen LogP contribution in [0.3, 0.4) is 0 Å². The molecule has 6 nitrogen and oxygen atoms in total. The molecule has 0 aromatic carbocycles. The summed E-state index contributed by atoms with van der Waals surface area (Å²) in [7, 11) is 0. The maximum Gasteiger partial charge on any atom is 0.303 e. The van der Waals surface area contributed by atoms with Gasteiger partial charge in [0.2, 0.25) is 0 Å². The molecule has 6 heteroatoms. The summed E-state index contributed by atoms with van der Waals surface area (Å²) in [6.07, 6.45) is 16.7. The van der Waals surface area contributed by atoms with Gasteiger partial charge in [-0.1, -0.05) is 64.0 Å². The Kier molecular flexibility index (Phi) is 25.3. The van der Waals surface area contributed by atoms with Crippen LogP contribution in [0.2, 0.25) is 0 Å². The number of hydrogen-bond acceptors (Lipinski definition) is 5. The molecule has 0 heterocycles. The van der Waals surface area contributed by atoms with Gasteiger partial charge >= 0.3 is 5.97 Å². The van der Waals surface area contributed by atoms with E-state index in [1.165, 1.54) is 25.7 Å². The van der Waals surface area contributed by atoms with Crippen molar-refractivity contribution >= 4 is 5.97 Å². The lowest BCUT2D eigenvalue weighted by Gasteiger charge is -2.10. The minimum atomic E-state index is -0.689. The first-order valence-corrected chi connectivity index (χ1v) is 11.8. The van der Waals surface area contributed by atoms with Gasteiger partial charge in [0.25, 0.3) is 0 Å². The Bertz CT molecular complexity index is 384. The standard InChI is InChI=1S/C18H34O3.C6H14O3/c1-2-3-4-11-14-17(19)15-12-9-7-5-6-8-10-13-16-18(20)21;1-5(8)4-9-6(2)3-7/h9,12,17,19H,2-8,10-11,13-16H2,1H3,(H,20,21);5-8H,3-4H2,1-2H3/b12-9-;/t17-;/m1./s1. The highest BCUT2D eigenvalue weighted by Gasteiger charge is 2.01. The van der Waals surface area contributed by atoms with Gasteiger partial charge in [-0.25, -0.2) is 0 Å². The third-order valence-corrected chi connectivity index (χ3v) is 4.61. The summed E-state index contributed by atoms with van der Waals surface area (Å²) < 4.78 is 4.95. The average molecular weight is 433 g/mol. The molecule has 0 fully saturated rings. The van der Waals surface area contributed by atoms with E-state index in [1.807, 2.05) is 0 Å². The van der Waals surface area contributed by atoms with Gasteiger partial charge in [-0.05, 0) is 46.0 Å². The Balaban J connectivity index is 0. The quantitative estimate of drug-likeness (QED) is 0.172. The number of aliphatic hydroxyl groups is 3. The molecule has 0 aromatic heterocycles. The van der Waals surface area contributed by atoms with Crippen LogP contribution < -0.4 is 0 Å². The summed E-state index contributed by atoms with van der Waals surface area (Å²) in [4.78, 5) is 10.3. The number of rotatable bonds is 19. The normalized spacial score (nSPS) is 14.2. The van der Waals surface area contributed by atoms with Gasteiger partial charge in [0.15, 0.2) is 0 Å². The first-order valence-electron chi connectivity index (χ1n) is 11.8. The van der Waals surface area contributed by atoms with E-state index in [1.54, 1.807) is 13.8 Å². The molecular formula is C24H48O6. The number of carboxylic acids is 1. The van der Waals surface area contributed by atoms with E-state index in [4.69, 9.17) is 20.1 Å². The molecule has 0 bridgehead atoms. The lowest BCUT2D eigenvalue weighted by molar-refractivity contribution is -0.137. The minimum Gasteiger partial charge on any atom is -0.481 e. The second-order valence-corrected chi connectivity index (χ2v) is 8.09. The molecule has 2 unspecified atom stereocenters. The molecule has 0 rings (SSSR count). The van der Waals surface area contributed by atoms with Crippen LogP contribution in [-0.4, -0.2) is 57.9 Å². The monoisotopic (exact) mass is 432 g/mol. The first kappa shape index (κ1) is 31.2. The van der Waals surface area contributed by atoms with Crippen molar-refractivity contribution in [2.75, 3.05) is 13.2 Å². The van der Waals surface area contributed by atoms with Crippen LogP contribution in [0.4, 0.5) is 0 Å². The molecule has 0 saturated heterocycles. The summed E-state index contributed by atoms with van der Waals surface area (Å²) in [6.45, 7) is 5.90. The molecule has 0 aliphatic carbocycles. The Morgan fingerprint density at radius 2 is 1.57 bits per heavy atom. The number of aliphatic carboxylic acids is 1. The zero-order valence-corrected chi connectivity index (χ0v) is 19.6. The van der Waals surface area contributed by atoms with Gasteiger partial charge < -0.3 is 25.2 Å². The molecule has 0 aliphatic heterocycles. The molecule has 0 spiro atoms. The van der Waals surface area contributed by atoms with Crippen molar-refractivity contribution in [2.24, 2.45) is 0 Å². The van der Waals surface area contributed by atoms with Gasteiger partial charge in [0, 0.05) is 6.42 Å². The summed E-state index contributed by atoms with van der Waals surface area (Å²) in [6, 6.07) is 0. The summed E-state index contributed by atoms with van der Waals surface area (Å²) in [5.74, 6) is -0.689. The van der Waals surface area contributed by atoms with Gasteiger partial charge in [-0.2, -0.15) is 0 Å². The largest absolute Gasteiger partial charge is 0.481 e. The van der Waals surface area contributed by atoms with E-state index < -0.39 is 12.1 Å². The van der Waals surface area contributed by atoms with Crippen LogP contribution in [0.1, 0.15) is 104 Å². The molecule has 180 valence electrons. The van der Waals surface area contributed by atoms with E-state index >= 15 is 0 Å². The van der Waals surface area contributed by atoms with Gasteiger partial charge in [0.05, 0.1) is 31.5 Å². The maximum atomic E-state index is 10.3. The zero-order chi connectivity index (χ0) is 23.0. The van der Waals surface area contributed by atoms with Crippen LogP contribution in [0.15, 0.2) is 12.2 Å². The molecule has 0 aliphatic rings. The van der Waals surface area contributed by atoms with Gasteiger partial charge in [-0.15, -0.1) is 0 Å². The number of hydrogen-bond donors (Lipinski definition) is 4. The van der Waals surface area contributed by atoms with Crippen LogP contribution in [0.5, 0.6) is 0 Å². The van der Waals surface area contributed by atoms with Crippen molar-refractivity contribution in [3.05, 3.63) is 12.2 Å². The number of allylic oxidation sites excluding steroid dienone is 1. The Labute approximate surface area is 184 Å². The van der Waals surface area contributed by atoms with Crippen molar-refractivity contribution in [3.63, 3.8) is 0 Å². The summed E-state index contributed by atoms with van der Waals surface area (Å²) >= 11 is 0. The second kappa shape index (κ2) is 24.3. The number of carbonyl (C=O) groups is 1. The second-order valence-electron chi connectivity index (χ2n) is 8.09. The molecule has 30 heavy (non-hydrogen) atoms. The highest BCUT2D eigenvalue weighted by Crippen LogP contribution is 2.10. The molecule has 4 N–H and O–H groups in total. The molecule has 0 amide bonds. The Morgan fingerprint density at radius 1 is 0.933 bits per heavy atom. The highest BCUT2D eigenvalue weighted by molar-refractivity contribution is 5.66. The number of carboxylic acid groups (broad SMARTS) is 1. The lowest BCUT2D eigenvalue weighted by Crippen LogP contribution is -2.19. The number of aliphatic hydroxyl groups excluding tert-OH is 3. The fraction of sp³-hybridized carbons (Fsp3) is 0.875. The van der Waals surface area contributed by atoms with E-state index in [-0.39, 0.29) is 18.8 Å². The fourth-order valence-electron chi connectivity index (χ4n) is 2.72. The fourth-order valence-corrected chi connectivity index (χ4v) is 2.72. The van der Waals surface area contributed by atoms with E-state index in [0.29, 0.717) is 13.0 Å². The van der Waals surface area contributed by atoms with Crippen molar-refractivity contribution in [1.82, 2.24) is 0 Å². The van der Waals surface area contributed by atoms with Crippen molar-refractivity contribution in [1.29, 1.82) is 0 Å². The van der Waals surface area contributed by atoms with Crippen LogP contribution >= 0.6 is 0 Å². The predicted octanol–water partition coefficient (Wildman–Crippen LogP) is 4.84. The summed E-state index contributed by atoms with van der Waals surface area (Å²) in [5, 5.41) is 35.4. The third-order valence-electron chi connectivity index (χ3n) is 4.61. The molecular weight excluding hydrogens is 384 g/mol. The smallest absolute Gasteiger partial charge is 0.303 e. The lowest BCUT2D eigenvalue weighted by atomic mass is 10.1. The van der Waals surface area contributed by atoms with Crippen LogP contribution in [-0.2, 0) is 9.53 Å². The van der Waals surface area contributed by atoms with Crippen LogP contribution in [0.25, 0.3) is 0 Å². The van der Waals surface area contributed by atoms with Crippen molar-refractivity contribution in [2.45, 2.75) is 123 Å². The first-order chi connectivity index (χ1) is 14.3.